The maximum atomic E-state index is 13.7. The van der Waals surface area contributed by atoms with Crippen LogP contribution in [0.1, 0.15) is 33.9 Å². The maximum Gasteiger partial charge on any atom is 0.301 e. The number of amides is 1. The van der Waals surface area contributed by atoms with Crippen molar-refractivity contribution in [3.8, 4) is 17.2 Å². The second-order valence-electron chi connectivity index (χ2n) is 10.6. The average Bonchev–Trinajstić information content (AvgIpc) is 3.66. The predicted molar refractivity (Wildman–Crippen MR) is 185 cm³/mol. The molecule has 6 rings (SSSR count). The Balaban J connectivity index is 1.36. The molecule has 12 heteroatoms. The number of carbonyl (C=O) groups excluding carboxylic acids is 2. The molecule has 1 aliphatic heterocycles. The number of aromatic hydroxyl groups is 1. The number of hydrogen-bond acceptors (Lipinski definition) is 10. The van der Waals surface area contributed by atoms with Crippen LogP contribution in [-0.4, -0.2) is 39.2 Å². The zero-order valence-electron chi connectivity index (χ0n) is 25.2. The molecule has 0 bridgehead atoms. The highest BCUT2D eigenvalue weighted by atomic mass is 79.9. The summed E-state index contributed by atoms with van der Waals surface area (Å²) in [4.78, 5) is 28.6. The minimum Gasteiger partial charge on any atom is -0.507 e. The molecule has 1 aliphatic rings. The number of benzene rings is 4. The molecule has 1 fully saturated rings. The third-order valence-electron chi connectivity index (χ3n) is 7.62. The number of ether oxygens (including phenoxy) is 2. The van der Waals surface area contributed by atoms with Crippen molar-refractivity contribution < 1.29 is 29.3 Å². The van der Waals surface area contributed by atoms with E-state index in [4.69, 9.17) is 9.47 Å². The van der Waals surface area contributed by atoms with Gasteiger partial charge in [0, 0.05) is 11.3 Å². The number of thioether (sulfide) groups is 1. The van der Waals surface area contributed by atoms with Gasteiger partial charge in [-0.05, 0) is 81.5 Å². The number of ketones is 1. The highest BCUT2D eigenvalue weighted by Crippen LogP contribution is 2.47. The summed E-state index contributed by atoms with van der Waals surface area (Å²) in [6.45, 7) is 2.38. The number of Topliss-reactive ketones (excluding diaryl/α,β-unsaturated/α-hetero) is 1. The van der Waals surface area contributed by atoms with Crippen molar-refractivity contribution >= 4 is 61.6 Å². The van der Waals surface area contributed by atoms with Crippen molar-refractivity contribution in [1.29, 1.82) is 0 Å². The molecule has 2 N–H and O–H groups in total. The molecule has 1 saturated heterocycles. The van der Waals surface area contributed by atoms with Crippen LogP contribution in [0, 0.1) is 6.92 Å². The molecular formula is C35H28BrN3O6S2. The molecule has 2 heterocycles. The summed E-state index contributed by atoms with van der Waals surface area (Å²) in [5.74, 6) is -0.935. The van der Waals surface area contributed by atoms with E-state index in [1.807, 2.05) is 61.5 Å². The van der Waals surface area contributed by atoms with Gasteiger partial charge in [-0.3, -0.25) is 14.5 Å². The van der Waals surface area contributed by atoms with E-state index in [-0.39, 0.29) is 32.4 Å². The summed E-state index contributed by atoms with van der Waals surface area (Å²) in [6, 6.07) is 26.4. The SMILES string of the molecule is COc1cc(C2C(=C(O)c3ccc(OCc4ccccc4C)cc3)C(=O)C(=O)N2c2nnc(SCc3ccccc3)s2)cc(Br)c1O. The van der Waals surface area contributed by atoms with Gasteiger partial charge in [-0.1, -0.05) is 77.7 Å². The first-order valence-electron chi connectivity index (χ1n) is 14.4. The number of hydrogen-bond donors (Lipinski definition) is 2. The third kappa shape index (κ3) is 6.76. The minimum absolute atomic E-state index is 0.117. The topological polar surface area (TPSA) is 122 Å². The van der Waals surface area contributed by atoms with Gasteiger partial charge < -0.3 is 19.7 Å². The van der Waals surface area contributed by atoms with Crippen LogP contribution in [0.2, 0.25) is 0 Å². The van der Waals surface area contributed by atoms with Crippen LogP contribution < -0.4 is 14.4 Å². The Hall–Kier alpha value is -4.65. The molecule has 5 aromatic rings. The lowest BCUT2D eigenvalue weighted by atomic mass is 9.95. The Kier molecular flexibility index (Phi) is 9.62. The second kappa shape index (κ2) is 14.0. The lowest BCUT2D eigenvalue weighted by Crippen LogP contribution is -2.29. The Morgan fingerprint density at radius 3 is 2.45 bits per heavy atom. The molecule has 1 aromatic heterocycles. The number of anilines is 1. The fraction of sp³-hybridized carbons (Fsp3) is 0.143. The maximum absolute atomic E-state index is 13.7. The highest BCUT2D eigenvalue weighted by Gasteiger charge is 2.48. The average molecular weight is 731 g/mol. The van der Waals surface area contributed by atoms with Crippen molar-refractivity contribution in [2.45, 2.75) is 29.7 Å². The number of phenolic OH excluding ortho intramolecular Hbond substituents is 1. The number of methoxy groups -OCH3 is 1. The third-order valence-corrected chi connectivity index (χ3v) is 10.4. The van der Waals surface area contributed by atoms with Gasteiger partial charge in [0.1, 0.15) is 18.1 Å². The van der Waals surface area contributed by atoms with E-state index >= 15 is 0 Å². The van der Waals surface area contributed by atoms with Crippen LogP contribution in [-0.2, 0) is 21.9 Å². The molecule has 238 valence electrons. The van der Waals surface area contributed by atoms with E-state index in [1.165, 1.54) is 41.2 Å². The van der Waals surface area contributed by atoms with Gasteiger partial charge in [-0.2, -0.15) is 0 Å². The zero-order chi connectivity index (χ0) is 33.1. The van der Waals surface area contributed by atoms with Crippen molar-refractivity contribution in [2.75, 3.05) is 12.0 Å². The summed E-state index contributed by atoms with van der Waals surface area (Å²) in [5, 5.41) is 30.9. The molecule has 0 saturated carbocycles. The molecule has 47 heavy (non-hydrogen) atoms. The smallest absolute Gasteiger partial charge is 0.301 e. The summed E-state index contributed by atoms with van der Waals surface area (Å²) in [6.07, 6.45) is 0. The number of aromatic nitrogens is 2. The molecule has 9 nitrogen and oxygen atoms in total. The van der Waals surface area contributed by atoms with Crippen molar-refractivity contribution in [3.63, 3.8) is 0 Å². The first-order chi connectivity index (χ1) is 22.7. The number of rotatable bonds is 10. The van der Waals surface area contributed by atoms with E-state index < -0.39 is 17.7 Å². The fourth-order valence-corrected chi connectivity index (χ4v) is 7.41. The number of halogens is 1. The summed E-state index contributed by atoms with van der Waals surface area (Å²) in [7, 11) is 1.39. The van der Waals surface area contributed by atoms with E-state index in [2.05, 4.69) is 26.1 Å². The van der Waals surface area contributed by atoms with Gasteiger partial charge in [0.25, 0.3) is 5.78 Å². The normalized spacial score (nSPS) is 15.6. The lowest BCUT2D eigenvalue weighted by Gasteiger charge is -2.23. The van der Waals surface area contributed by atoms with Crippen LogP contribution in [0.4, 0.5) is 5.13 Å². The van der Waals surface area contributed by atoms with Crippen LogP contribution in [0.25, 0.3) is 5.76 Å². The quantitative estimate of drug-likeness (QED) is 0.0487. The fourth-order valence-electron chi connectivity index (χ4n) is 5.13. The Morgan fingerprint density at radius 1 is 1.00 bits per heavy atom. The van der Waals surface area contributed by atoms with Gasteiger partial charge in [0.2, 0.25) is 5.13 Å². The number of aliphatic hydroxyl groups excluding tert-OH is 1. The number of aliphatic hydroxyl groups is 1. The van der Waals surface area contributed by atoms with Gasteiger partial charge >= 0.3 is 5.91 Å². The standard InChI is InChI=1S/C35H28BrN3O6S2/c1-20-8-6-7-11-23(20)18-45-25-14-12-22(13-15-25)30(40)28-29(24-16-26(36)31(41)27(17-24)44-2)39(33(43)32(28)42)34-37-38-35(47-34)46-19-21-9-4-3-5-10-21/h3-17,29,40-41H,18-19H2,1-2H3. The van der Waals surface area contributed by atoms with E-state index in [9.17, 15) is 19.8 Å². The monoisotopic (exact) mass is 729 g/mol. The molecule has 1 unspecified atom stereocenters. The van der Waals surface area contributed by atoms with Crippen molar-refractivity contribution in [2.24, 2.45) is 0 Å². The zero-order valence-corrected chi connectivity index (χ0v) is 28.4. The number of phenols is 1. The van der Waals surface area contributed by atoms with Gasteiger partial charge in [-0.15, -0.1) is 10.2 Å². The highest BCUT2D eigenvalue weighted by molar-refractivity contribution is 9.10. The minimum atomic E-state index is -1.10. The molecule has 1 amide bonds. The molecule has 4 aromatic carbocycles. The van der Waals surface area contributed by atoms with Crippen molar-refractivity contribution in [3.05, 3.63) is 129 Å². The Bertz CT molecular complexity index is 1980. The summed E-state index contributed by atoms with van der Waals surface area (Å²) < 4.78 is 12.2. The first-order valence-corrected chi connectivity index (χ1v) is 17.0. The summed E-state index contributed by atoms with van der Waals surface area (Å²) in [5.41, 5.74) is 3.84. The van der Waals surface area contributed by atoms with E-state index in [0.29, 0.717) is 33.6 Å². The van der Waals surface area contributed by atoms with Crippen LogP contribution in [0.3, 0.4) is 0 Å². The molecular weight excluding hydrogens is 702 g/mol. The van der Waals surface area contributed by atoms with Gasteiger partial charge in [0.05, 0.1) is 23.2 Å². The molecule has 0 radical (unpaired) electrons. The largest absolute Gasteiger partial charge is 0.507 e. The van der Waals surface area contributed by atoms with Gasteiger partial charge in [0.15, 0.2) is 15.8 Å². The molecule has 0 spiro atoms. The number of carbonyl (C=O) groups is 2. The summed E-state index contributed by atoms with van der Waals surface area (Å²) >= 11 is 5.97. The van der Waals surface area contributed by atoms with E-state index in [0.717, 1.165) is 16.7 Å². The van der Waals surface area contributed by atoms with Crippen molar-refractivity contribution in [1.82, 2.24) is 10.2 Å². The molecule has 0 aliphatic carbocycles. The Morgan fingerprint density at radius 2 is 1.72 bits per heavy atom. The van der Waals surface area contributed by atoms with Crippen LogP contribution >= 0.6 is 39.0 Å². The number of nitrogens with zero attached hydrogens (tertiary/aromatic N) is 3. The Labute approximate surface area is 287 Å². The van der Waals surface area contributed by atoms with E-state index in [1.54, 1.807) is 30.3 Å². The van der Waals surface area contributed by atoms with Crippen LogP contribution in [0.5, 0.6) is 17.2 Å². The molecule has 1 atom stereocenters. The van der Waals surface area contributed by atoms with Crippen LogP contribution in [0.15, 0.2) is 105 Å². The predicted octanol–water partition coefficient (Wildman–Crippen LogP) is 7.82. The van der Waals surface area contributed by atoms with Gasteiger partial charge in [-0.25, -0.2) is 0 Å². The second-order valence-corrected chi connectivity index (χ2v) is 13.6. The number of aryl methyl sites for hydroxylation is 1. The first kappa shape index (κ1) is 32.3. The lowest BCUT2D eigenvalue weighted by molar-refractivity contribution is -0.132.